The molecule has 0 aromatic heterocycles. The fourth-order valence-corrected chi connectivity index (χ4v) is 4.19. The van der Waals surface area contributed by atoms with Crippen LogP contribution in [0.25, 0.3) is 6.08 Å². The minimum Gasteiger partial charge on any atom is -0.352 e. The summed E-state index contributed by atoms with van der Waals surface area (Å²) < 4.78 is 0.444. The third kappa shape index (κ3) is 4.05. The van der Waals surface area contributed by atoms with Crippen molar-refractivity contribution in [1.29, 1.82) is 0 Å². The molecule has 1 aromatic rings. The Bertz CT molecular complexity index is 691. The van der Waals surface area contributed by atoms with E-state index in [4.69, 9.17) is 12.2 Å². The summed E-state index contributed by atoms with van der Waals surface area (Å²) in [5.74, 6) is -0.318. The van der Waals surface area contributed by atoms with Crippen LogP contribution in [0.1, 0.15) is 36.8 Å². The van der Waals surface area contributed by atoms with Crippen molar-refractivity contribution in [3.05, 3.63) is 40.3 Å². The van der Waals surface area contributed by atoms with Crippen molar-refractivity contribution in [3.8, 4) is 0 Å². The van der Waals surface area contributed by atoms with Crippen molar-refractivity contribution < 1.29 is 9.59 Å². The van der Waals surface area contributed by atoms with E-state index in [1.54, 1.807) is 0 Å². The number of benzene rings is 1. The van der Waals surface area contributed by atoms with Crippen molar-refractivity contribution in [2.45, 2.75) is 38.6 Å². The second-order valence-corrected chi connectivity index (χ2v) is 7.90. The number of hydrogen-bond donors (Lipinski definition) is 1. The van der Waals surface area contributed by atoms with Crippen LogP contribution in [0, 0.1) is 6.92 Å². The minimum absolute atomic E-state index is 0.00635. The number of carbonyl (C=O) groups is 2. The molecule has 24 heavy (non-hydrogen) atoms. The molecule has 1 aromatic carbocycles. The molecule has 0 spiro atoms. The van der Waals surface area contributed by atoms with E-state index in [1.807, 2.05) is 37.3 Å². The van der Waals surface area contributed by atoms with Gasteiger partial charge in [-0.3, -0.25) is 14.5 Å². The van der Waals surface area contributed by atoms with Crippen LogP contribution in [-0.2, 0) is 9.59 Å². The van der Waals surface area contributed by atoms with Crippen molar-refractivity contribution >= 4 is 46.2 Å². The van der Waals surface area contributed by atoms with E-state index in [0.717, 1.165) is 31.2 Å². The van der Waals surface area contributed by atoms with Gasteiger partial charge in [-0.2, -0.15) is 0 Å². The summed E-state index contributed by atoms with van der Waals surface area (Å²) >= 11 is 6.53. The Labute approximate surface area is 151 Å². The van der Waals surface area contributed by atoms with Crippen LogP contribution in [0.5, 0.6) is 0 Å². The molecule has 0 bridgehead atoms. The largest absolute Gasteiger partial charge is 0.352 e. The molecular weight excluding hydrogens is 340 g/mol. The van der Waals surface area contributed by atoms with Gasteiger partial charge in [0.05, 0.1) is 4.91 Å². The Morgan fingerprint density at radius 3 is 2.67 bits per heavy atom. The van der Waals surface area contributed by atoms with Crippen LogP contribution in [0.2, 0.25) is 0 Å². The summed E-state index contributed by atoms with van der Waals surface area (Å²) in [6.07, 6.45) is 6.19. The second kappa shape index (κ2) is 7.49. The van der Waals surface area contributed by atoms with Gasteiger partial charge < -0.3 is 5.32 Å². The van der Waals surface area contributed by atoms with Gasteiger partial charge in [-0.25, -0.2) is 0 Å². The predicted octanol–water partition coefficient (Wildman–Crippen LogP) is 3.26. The van der Waals surface area contributed by atoms with Crippen molar-refractivity contribution in [2.24, 2.45) is 0 Å². The topological polar surface area (TPSA) is 49.4 Å². The number of nitrogens with zero attached hydrogens (tertiary/aromatic N) is 1. The molecule has 0 radical (unpaired) electrons. The molecule has 2 aliphatic rings. The quantitative estimate of drug-likeness (QED) is 0.661. The van der Waals surface area contributed by atoms with E-state index in [2.05, 4.69) is 5.32 Å². The zero-order valence-corrected chi connectivity index (χ0v) is 15.2. The first-order chi connectivity index (χ1) is 11.5. The lowest BCUT2D eigenvalue weighted by molar-refractivity contribution is -0.129. The Hall–Kier alpha value is -1.66. The van der Waals surface area contributed by atoms with Crippen molar-refractivity contribution in [3.63, 3.8) is 0 Å². The van der Waals surface area contributed by atoms with Crippen molar-refractivity contribution in [1.82, 2.24) is 10.2 Å². The van der Waals surface area contributed by atoms with Gasteiger partial charge in [0.25, 0.3) is 5.91 Å². The summed E-state index contributed by atoms with van der Waals surface area (Å²) in [4.78, 5) is 26.6. The number of thiocarbonyl (C=S) groups is 1. The first kappa shape index (κ1) is 17.2. The average Bonchev–Trinajstić information content (AvgIpc) is 3.14. The number of amides is 2. The molecule has 0 atom stereocenters. The monoisotopic (exact) mass is 360 g/mol. The number of hydrogen-bond acceptors (Lipinski definition) is 4. The number of carbonyl (C=O) groups excluding carboxylic acids is 2. The van der Waals surface area contributed by atoms with Gasteiger partial charge in [0.1, 0.15) is 10.9 Å². The van der Waals surface area contributed by atoms with Crippen LogP contribution in [0.4, 0.5) is 0 Å². The number of nitrogens with one attached hydrogen (secondary N) is 1. The lowest BCUT2D eigenvalue weighted by Gasteiger charge is -2.17. The maximum Gasteiger partial charge on any atom is 0.266 e. The molecule has 1 aliphatic carbocycles. The van der Waals surface area contributed by atoms with Gasteiger partial charge in [0, 0.05) is 6.04 Å². The van der Waals surface area contributed by atoms with Gasteiger partial charge in [0.15, 0.2) is 0 Å². The fourth-order valence-electron chi connectivity index (χ4n) is 2.94. The molecule has 1 N–H and O–H groups in total. The van der Waals surface area contributed by atoms with Gasteiger partial charge in [0.2, 0.25) is 5.91 Å². The van der Waals surface area contributed by atoms with E-state index in [-0.39, 0.29) is 24.4 Å². The molecule has 3 rings (SSSR count). The average molecular weight is 361 g/mol. The Kier molecular flexibility index (Phi) is 5.36. The van der Waals surface area contributed by atoms with Gasteiger partial charge >= 0.3 is 0 Å². The van der Waals surface area contributed by atoms with Gasteiger partial charge in [-0.05, 0) is 31.4 Å². The molecule has 2 fully saturated rings. The Balaban J connectivity index is 1.65. The highest BCUT2D eigenvalue weighted by atomic mass is 32.2. The summed E-state index contributed by atoms with van der Waals surface area (Å²) in [7, 11) is 0. The standard InChI is InChI=1S/C18H20N2O2S2/c1-12-6-8-13(9-7-12)10-15-17(22)20(18(23)24-15)11-16(21)19-14-4-2-3-5-14/h6-10,14H,2-5,11H2,1H3,(H,19,21)/b15-10-. The van der Waals surface area contributed by atoms with Crippen LogP contribution in [0.15, 0.2) is 29.2 Å². The highest BCUT2D eigenvalue weighted by Crippen LogP contribution is 2.32. The molecule has 6 heteroatoms. The highest BCUT2D eigenvalue weighted by molar-refractivity contribution is 8.26. The first-order valence-corrected chi connectivity index (χ1v) is 9.37. The lowest BCUT2D eigenvalue weighted by Crippen LogP contribution is -2.42. The van der Waals surface area contributed by atoms with Crippen LogP contribution in [0.3, 0.4) is 0 Å². The van der Waals surface area contributed by atoms with E-state index in [0.29, 0.717) is 9.23 Å². The maximum atomic E-state index is 12.5. The molecule has 2 amide bonds. The maximum absolute atomic E-state index is 12.5. The minimum atomic E-state index is -0.188. The summed E-state index contributed by atoms with van der Waals surface area (Å²) in [5.41, 5.74) is 2.12. The first-order valence-electron chi connectivity index (χ1n) is 8.14. The summed E-state index contributed by atoms with van der Waals surface area (Å²) in [6, 6.07) is 8.19. The van der Waals surface area contributed by atoms with Crippen LogP contribution >= 0.6 is 24.0 Å². The van der Waals surface area contributed by atoms with E-state index in [9.17, 15) is 9.59 Å². The molecule has 126 valence electrons. The van der Waals surface area contributed by atoms with Crippen molar-refractivity contribution in [2.75, 3.05) is 6.54 Å². The normalized spacial score (nSPS) is 20.2. The fraction of sp³-hybridized carbons (Fsp3) is 0.389. The molecule has 1 aliphatic heterocycles. The smallest absolute Gasteiger partial charge is 0.266 e. The third-order valence-electron chi connectivity index (χ3n) is 4.27. The van der Waals surface area contributed by atoms with Crippen LogP contribution < -0.4 is 5.32 Å². The van der Waals surface area contributed by atoms with Gasteiger partial charge in [-0.1, -0.05) is 66.7 Å². The Morgan fingerprint density at radius 1 is 1.33 bits per heavy atom. The highest BCUT2D eigenvalue weighted by Gasteiger charge is 2.33. The zero-order valence-electron chi connectivity index (χ0n) is 13.6. The molecule has 1 saturated heterocycles. The molecule has 0 unspecified atom stereocenters. The molecule has 1 saturated carbocycles. The van der Waals surface area contributed by atoms with Gasteiger partial charge in [-0.15, -0.1) is 0 Å². The van der Waals surface area contributed by atoms with E-state index < -0.39 is 0 Å². The number of aryl methyl sites for hydroxylation is 1. The van der Waals surface area contributed by atoms with E-state index >= 15 is 0 Å². The van der Waals surface area contributed by atoms with Crippen LogP contribution in [-0.4, -0.2) is 33.6 Å². The molecule has 1 heterocycles. The summed E-state index contributed by atoms with van der Waals surface area (Å²) in [6.45, 7) is 2.03. The zero-order chi connectivity index (χ0) is 17.1. The summed E-state index contributed by atoms with van der Waals surface area (Å²) in [5, 5.41) is 3.00. The SMILES string of the molecule is Cc1ccc(/C=C2\SC(=S)N(CC(=O)NC3CCCC3)C2=O)cc1. The Morgan fingerprint density at radius 2 is 2.00 bits per heavy atom. The van der Waals surface area contributed by atoms with E-state index in [1.165, 1.54) is 22.2 Å². The number of thioether (sulfide) groups is 1. The second-order valence-electron chi connectivity index (χ2n) is 6.23. The molecule has 4 nitrogen and oxygen atoms in total. The number of rotatable bonds is 4. The predicted molar refractivity (Wildman–Crippen MR) is 101 cm³/mol. The third-order valence-corrected chi connectivity index (χ3v) is 5.65. The molecular formula is C18H20N2O2S2. The lowest BCUT2D eigenvalue weighted by atomic mass is 10.1.